The zero-order valence-corrected chi connectivity index (χ0v) is 11.8. The first kappa shape index (κ1) is 14.6. The minimum Gasteiger partial charge on any atom is -0.354 e. The first-order valence-electron chi connectivity index (χ1n) is 5.57. The Hall–Kier alpha value is -0.460. The normalized spacial score (nSPS) is 15.5. The van der Waals surface area contributed by atoms with Crippen molar-refractivity contribution in [2.45, 2.75) is 25.3 Å². The zero-order chi connectivity index (χ0) is 12.9. The van der Waals surface area contributed by atoms with Crippen molar-refractivity contribution >= 4 is 11.3 Å². The van der Waals surface area contributed by atoms with Crippen LogP contribution in [0.4, 0.5) is 0 Å². The number of nitrogens with zero attached hydrogens (tertiary/aromatic N) is 1. The van der Waals surface area contributed by atoms with Gasteiger partial charge in [0.25, 0.3) is 0 Å². The van der Waals surface area contributed by atoms with Crippen LogP contribution in [0.5, 0.6) is 0 Å². The van der Waals surface area contributed by atoms with Crippen LogP contribution >= 0.6 is 11.3 Å². The average molecular weight is 258 g/mol. The van der Waals surface area contributed by atoms with Crippen LogP contribution in [-0.4, -0.2) is 44.5 Å². The maximum absolute atomic E-state index is 5.89. The van der Waals surface area contributed by atoms with Crippen LogP contribution < -0.4 is 5.73 Å². The maximum atomic E-state index is 5.89. The number of thiophene rings is 1. The highest BCUT2D eigenvalue weighted by Gasteiger charge is 2.37. The molecule has 0 aliphatic heterocycles. The molecule has 0 fully saturated rings. The Morgan fingerprint density at radius 3 is 2.53 bits per heavy atom. The second-order valence-corrected chi connectivity index (χ2v) is 5.33. The van der Waals surface area contributed by atoms with Crippen LogP contribution in [0.15, 0.2) is 17.5 Å². The van der Waals surface area contributed by atoms with E-state index >= 15 is 0 Å². The predicted molar refractivity (Wildman–Crippen MR) is 71.1 cm³/mol. The molecule has 98 valence electrons. The fourth-order valence-electron chi connectivity index (χ4n) is 1.85. The minimum absolute atomic E-state index is 0.336. The predicted octanol–water partition coefficient (Wildman–Crippen LogP) is 1.52. The Labute approximate surface area is 107 Å². The third kappa shape index (κ3) is 3.26. The van der Waals surface area contributed by atoms with Gasteiger partial charge in [0.1, 0.15) is 0 Å². The van der Waals surface area contributed by atoms with Crippen molar-refractivity contribution in [3.05, 3.63) is 22.4 Å². The Kier molecular flexibility index (Phi) is 5.55. The molecule has 2 N–H and O–H groups in total. The van der Waals surface area contributed by atoms with E-state index in [1.165, 1.54) is 4.88 Å². The standard InChI is InChI=1S/C12H22N2O2S/c1-12(9-13,11(15-3)16-4)14(2)8-10-6-5-7-17-10/h5-7,11H,8-9,13H2,1-4H3. The van der Waals surface area contributed by atoms with Gasteiger partial charge in [-0.1, -0.05) is 6.07 Å². The van der Waals surface area contributed by atoms with E-state index in [1.54, 1.807) is 25.6 Å². The second kappa shape index (κ2) is 6.47. The van der Waals surface area contributed by atoms with Gasteiger partial charge in [-0.15, -0.1) is 11.3 Å². The molecule has 5 heteroatoms. The van der Waals surface area contributed by atoms with E-state index in [0.717, 1.165) is 6.54 Å². The van der Waals surface area contributed by atoms with Crippen LogP contribution in [0.3, 0.4) is 0 Å². The van der Waals surface area contributed by atoms with E-state index in [9.17, 15) is 0 Å². The van der Waals surface area contributed by atoms with Crippen molar-refractivity contribution in [3.8, 4) is 0 Å². The third-order valence-corrected chi connectivity index (χ3v) is 4.06. The minimum atomic E-state index is -0.340. The smallest absolute Gasteiger partial charge is 0.176 e. The third-order valence-electron chi connectivity index (χ3n) is 3.19. The number of ether oxygens (including phenoxy) is 2. The van der Waals surface area contributed by atoms with Gasteiger partial charge >= 0.3 is 0 Å². The van der Waals surface area contributed by atoms with Crippen LogP contribution in [-0.2, 0) is 16.0 Å². The lowest BCUT2D eigenvalue weighted by atomic mass is 9.99. The highest BCUT2D eigenvalue weighted by molar-refractivity contribution is 7.09. The molecule has 1 heterocycles. The molecule has 1 aromatic heterocycles. The Morgan fingerprint density at radius 2 is 2.12 bits per heavy atom. The van der Waals surface area contributed by atoms with E-state index < -0.39 is 0 Å². The molecule has 0 saturated heterocycles. The Bertz CT molecular complexity index is 314. The van der Waals surface area contributed by atoms with Gasteiger partial charge in [0.05, 0.1) is 5.54 Å². The monoisotopic (exact) mass is 258 g/mol. The number of hydrogen-bond acceptors (Lipinski definition) is 5. The molecule has 17 heavy (non-hydrogen) atoms. The number of nitrogens with two attached hydrogens (primary N) is 1. The van der Waals surface area contributed by atoms with Gasteiger partial charge in [-0.05, 0) is 25.4 Å². The SMILES string of the molecule is COC(OC)C(C)(CN)N(C)Cc1cccs1. The van der Waals surface area contributed by atoms with Crippen LogP contribution in [0.1, 0.15) is 11.8 Å². The van der Waals surface area contributed by atoms with E-state index in [4.69, 9.17) is 15.2 Å². The van der Waals surface area contributed by atoms with Gasteiger partial charge in [-0.25, -0.2) is 0 Å². The van der Waals surface area contributed by atoms with Gasteiger partial charge in [0.15, 0.2) is 6.29 Å². The van der Waals surface area contributed by atoms with Crippen molar-refractivity contribution in [2.24, 2.45) is 5.73 Å². The average Bonchev–Trinajstić information content (AvgIpc) is 2.82. The van der Waals surface area contributed by atoms with Crippen molar-refractivity contribution < 1.29 is 9.47 Å². The highest BCUT2D eigenvalue weighted by atomic mass is 32.1. The van der Waals surface area contributed by atoms with Crippen molar-refractivity contribution in [3.63, 3.8) is 0 Å². The molecular formula is C12H22N2O2S. The van der Waals surface area contributed by atoms with Gasteiger partial charge in [-0.3, -0.25) is 4.90 Å². The van der Waals surface area contributed by atoms with E-state index in [2.05, 4.69) is 29.3 Å². The molecular weight excluding hydrogens is 236 g/mol. The maximum Gasteiger partial charge on any atom is 0.176 e. The summed E-state index contributed by atoms with van der Waals surface area (Å²) in [5.41, 5.74) is 5.55. The quantitative estimate of drug-likeness (QED) is 0.753. The molecule has 1 atom stereocenters. The number of likely N-dealkylation sites (N-methyl/N-ethyl adjacent to an activating group) is 1. The van der Waals surface area contributed by atoms with Crippen LogP contribution in [0.25, 0.3) is 0 Å². The lowest BCUT2D eigenvalue weighted by Gasteiger charge is -2.42. The molecule has 0 aromatic carbocycles. The molecule has 0 saturated carbocycles. The number of hydrogen-bond donors (Lipinski definition) is 1. The molecule has 0 amide bonds. The van der Waals surface area contributed by atoms with Crippen LogP contribution in [0, 0.1) is 0 Å². The topological polar surface area (TPSA) is 47.7 Å². The van der Waals surface area contributed by atoms with Gasteiger partial charge in [0.2, 0.25) is 0 Å². The largest absolute Gasteiger partial charge is 0.354 e. The molecule has 1 aromatic rings. The summed E-state index contributed by atoms with van der Waals surface area (Å²) in [7, 11) is 5.32. The van der Waals surface area contributed by atoms with Gasteiger partial charge in [-0.2, -0.15) is 0 Å². The fourth-order valence-corrected chi connectivity index (χ4v) is 2.61. The molecule has 1 rings (SSSR count). The molecule has 0 aliphatic rings. The lowest BCUT2D eigenvalue weighted by molar-refractivity contribution is -0.178. The van der Waals surface area contributed by atoms with E-state index in [-0.39, 0.29) is 11.8 Å². The first-order valence-corrected chi connectivity index (χ1v) is 6.45. The fraction of sp³-hybridized carbons (Fsp3) is 0.667. The zero-order valence-electron chi connectivity index (χ0n) is 11.0. The van der Waals surface area contributed by atoms with E-state index in [0.29, 0.717) is 6.54 Å². The molecule has 0 radical (unpaired) electrons. The number of methoxy groups -OCH3 is 2. The Morgan fingerprint density at radius 1 is 1.47 bits per heavy atom. The van der Waals surface area contributed by atoms with Gasteiger partial charge in [0, 0.05) is 32.2 Å². The van der Waals surface area contributed by atoms with E-state index in [1.807, 2.05) is 7.05 Å². The van der Waals surface area contributed by atoms with Crippen molar-refractivity contribution in [1.82, 2.24) is 4.90 Å². The second-order valence-electron chi connectivity index (χ2n) is 4.30. The summed E-state index contributed by atoms with van der Waals surface area (Å²) in [4.78, 5) is 3.48. The molecule has 0 spiro atoms. The summed E-state index contributed by atoms with van der Waals surface area (Å²) in [6, 6.07) is 4.17. The van der Waals surface area contributed by atoms with Crippen molar-refractivity contribution in [1.29, 1.82) is 0 Å². The molecule has 4 nitrogen and oxygen atoms in total. The summed E-state index contributed by atoms with van der Waals surface area (Å²) in [5.74, 6) is 0. The summed E-state index contributed by atoms with van der Waals surface area (Å²) in [6.45, 7) is 3.37. The summed E-state index contributed by atoms with van der Waals surface area (Å²) in [6.07, 6.45) is -0.336. The summed E-state index contributed by atoms with van der Waals surface area (Å²) < 4.78 is 10.7. The summed E-state index contributed by atoms with van der Waals surface area (Å²) in [5, 5.41) is 2.08. The molecule has 0 aliphatic carbocycles. The molecule has 0 bridgehead atoms. The lowest BCUT2D eigenvalue weighted by Crippen LogP contribution is -2.58. The highest BCUT2D eigenvalue weighted by Crippen LogP contribution is 2.23. The van der Waals surface area contributed by atoms with Crippen molar-refractivity contribution in [2.75, 3.05) is 27.8 Å². The summed E-state index contributed by atoms with van der Waals surface area (Å²) >= 11 is 1.74. The Balaban J connectivity index is 2.77. The van der Waals surface area contributed by atoms with Gasteiger partial charge < -0.3 is 15.2 Å². The molecule has 1 unspecified atom stereocenters. The first-order chi connectivity index (χ1) is 8.08. The van der Waals surface area contributed by atoms with Crippen LogP contribution in [0.2, 0.25) is 0 Å². The number of rotatable bonds is 7.